The monoisotopic (exact) mass is 360 g/mol. The van der Waals surface area contributed by atoms with Crippen LogP contribution in [-0.4, -0.2) is 54.5 Å². The number of hydrogen-bond acceptors (Lipinski definition) is 5. The molecule has 0 radical (unpaired) electrons. The number of urea groups is 1. The molecule has 0 atom stereocenters. The van der Waals surface area contributed by atoms with Crippen molar-refractivity contribution in [2.75, 3.05) is 26.8 Å². The molecular formula is C19H24N2O5. The third-order valence-corrected chi connectivity index (χ3v) is 3.85. The Bertz CT molecular complexity index is 741. The maximum absolute atomic E-state index is 12.6. The number of barbiturate groups is 1. The SMILES string of the molecule is CCCN1C(=O)C(=Cc2ccc(OCC)c(OCC)c2)C(=O)N(C)C1=O. The molecule has 1 aliphatic heterocycles. The molecule has 0 aliphatic carbocycles. The second kappa shape index (κ2) is 8.51. The summed E-state index contributed by atoms with van der Waals surface area (Å²) in [6.45, 7) is 6.82. The van der Waals surface area contributed by atoms with Crippen molar-refractivity contribution < 1.29 is 23.9 Å². The Balaban J connectivity index is 2.42. The van der Waals surface area contributed by atoms with E-state index in [0.29, 0.717) is 36.7 Å². The number of likely N-dealkylation sites (N-methyl/N-ethyl adjacent to an activating group) is 1. The zero-order valence-electron chi connectivity index (χ0n) is 15.6. The van der Waals surface area contributed by atoms with Gasteiger partial charge in [0, 0.05) is 13.6 Å². The minimum atomic E-state index is -0.612. The molecule has 0 bridgehead atoms. The molecule has 0 saturated carbocycles. The van der Waals surface area contributed by atoms with E-state index < -0.39 is 17.8 Å². The van der Waals surface area contributed by atoms with Gasteiger partial charge in [-0.25, -0.2) is 4.79 Å². The lowest BCUT2D eigenvalue weighted by Gasteiger charge is -2.31. The molecule has 7 heteroatoms. The van der Waals surface area contributed by atoms with Gasteiger partial charge in [0.2, 0.25) is 0 Å². The largest absolute Gasteiger partial charge is 0.490 e. The normalized spacial score (nSPS) is 16.5. The van der Waals surface area contributed by atoms with Crippen molar-refractivity contribution in [3.63, 3.8) is 0 Å². The molecule has 0 spiro atoms. The van der Waals surface area contributed by atoms with E-state index in [9.17, 15) is 14.4 Å². The molecule has 0 aromatic heterocycles. The lowest BCUT2D eigenvalue weighted by Crippen LogP contribution is -2.54. The fourth-order valence-corrected chi connectivity index (χ4v) is 2.64. The van der Waals surface area contributed by atoms with Crippen LogP contribution in [0.2, 0.25) is 0 Å². The van der Waals surface area contributed by atoms with Gasteiger partial charge in [-0.05, 0) is 44.0 Å². The maximum Gasteiger partial charge on any atom is 0.333 e. The number of benzene rings is 1. The first-order valence-corrected chi connectivity index (χ1v) is 8.69. The highest BCUT2D eigenvalue weighted by Crippen LogP contribution is 2.30. The summed E-state index contributed by atoms with van der Waals surface area (Å²) in [5, 5.41) is 0. The molecule has 140 valence electrons. The van der Waals surface area contributed by atoms with Crippen LogP contribution in [-0.2, 0) is 9.59 Å². The molecule has 1 fully saturated rings. The summed E-state index contributed by atoms with van der Waals surface area (Å²) in [5.41, 5.74) is 0.569. The molecule has 0 N–H and O–H groups in total. The zero-order valence-corrected chi connectivity index (χ0v) is 15.6. The number of imide groups is 2. The van der Waals surface area contributed by atoms with E-state index >= 15 is 0 Å². The molecule has 1 heterocycles. The molecule has 0 unspecified atom stereocenters. The molecule has 1 saturated heterocycles. The predicted molar refractivity (Wildman–Crippen MR) is 96.9 cm³/mol. The van der Waals surface area contributed by atoms with Gasteiger partial charge in [-0.2, -0.15) is 0 Å². The third kappa shape index (κ3) is 3.87. The predicted octanol–water partition coefficient (Wildman–Crippen LogP) is 2.70. The molecule has 2 rings (SSSR count). The van der Waals surface area contributed by atoms with Crippen molar-refractivity contribution in [1.29, 1.82) is 0 Å². The molecule has 4 amide bonds. The highest BCUT2D eigenvalue weighted by atomic mass is 16.5. The number of amides is 4. The van der Waals surface area contributed by atoms with Gasteiger partial charge in [0.15, 0.2) is 11.5 Å². The van der Waals surface area contributed by atoms with Crippen LogP contribution in [0.5, 0.6) is 11.5 Å². The van der Waals surface area contributed by atoms with Gasteiger partial charge in [0.1, 0.15) is 5.57 Å². The van der Waals surface area contributed by atoms with Crippen LogP contribution in [0, 0.1) is 0 Å². The van der Waals surface area contributed by atoms with Crippen LogP contribution in [0.3, 0.4) is 0 Å². The van der Waals surface area contributed by atoms with Crippen LogP contribution in [0.15, 0.2) is 23.8 Å². The zero-order chi connectivity index (χ0) is 19.3. The van der Waals surface area contributed by atoms with Crippen molar-refractivity contribution in [3.05, 3.63) is 29.3 Å². The Morgan fingerprint density at radius 2 is 1.62 bits per heavy atom. The molecule has 1 aromatic carbocycles. The van der Waals surface area contributed by atoms with E-state index in [1.54, 1.807) is 18.2 Å². The Morgan fingerprint density at radius 1 is 0.962 bits per heavy atom. The van der Waals surface area contributed by atoms with E-state index in [1.807, 2.05) is 20.8 Å². The molecule has 1 aliphatic rings. The van der Waals surface area contributed by atoms with Crippen LogP contribution in [0.4, 0.5) is 4.79 Å². The van der Waals surface area contributed by atoms with Crippen LogP contribution >= 0.6 is 0 Å². The fourth-order valence-electron chi connectivity index (χ4n) is 2.64. The second-order valence-electron chi connectivity index (χ2n) is 5.73. The lowest BCUT2D eigenvalue weighted by atomic mass is 10.1. The minimum absolute atomic E-state index is 0.0489. The van der Waals surface area contributed by atoms with E-state index in [0.717, 1.165) is 9.80 Å². The number of rotatable bonds is 7. The summed E-state index contributed by atoms with van der Waals surface area (Å²) in [5.74, 6) is -0.0575. The van der Waals surface area contributed by atoms with Gasteiger partial charge >= 0.3 is 6.03 Å². The smallest absolute Gasteiger partial charge is 0.333 e. The minimum Gasteiger partial charge on any atom is -0.490 e. The first kappa shape index (κ1) is 19.5. The molecule has 7 nitrogen and oxygen atoms in total. The highest BCUT2D eigenvalue weighted by Gasteiger charge is 2.39. The Hall–Kier alpha value is -2.83. The fraction of sp³-hybridized carbons (Fsp3) is 0.421. The van der Waals surface area contributed by atoms with E-state index in [-0.39, 0.29) is 12.1 Å². The topological polar surface area (TPSA) is 76.2 Å². The van der Waals surface area contributed by atoms with Crippen LogP contribution < -0.4 is 9.47 Å². The molecular weight excluding hydrogens is 336 g/mol. The van der Waals surface area contributed by atoms with Crippen LogP contribution in [0.1, 0.15) is 32.8 Å². The van der Waals surface area contributed by atoms with Gasteiger partial charge in [0.05, 0.1) is 13.2 Å². The van der Waals surface area contributed by atoms with Crippen molar-refractivity contribution in [1.82, 2.24) is 9.80 Å². The molecule has 26 heavy (non-hydrogen) atoms. The van der Waals surface area contributed by atoms with Crippen LogP contribution in [0.25, 0.3) is 6.08 Å². The van der Waals surface area contributed by atoms with Gasteiger partial charge in [-0.15, -0.1) is 0 Å². The van der Waals surface area contributed by atoms with Gasteiger partial charge in [-0.1, -0.05) is 13.0 Å². The van der Waals surface area contributed by atoms with Crippen molar-refractivity contribution >= 4 is 23.9 Å². The van der Waals surface area contributed by atoms with Crippen molar-refractivity contribution in [2.45, 2.75) is 27.2 Å². The first-order valence-electron chi connectivity index (χ1n) is 8.69. The maximum atomic E-state index is 12.6. The van der Waals surface area contributed by atoms with Crippen molar-refractivity contribution in [2.24, 2.45) is 0 Å². The average Bonchev–Trinajstić information content (AvgIpc) is 2.63. The summed E-state index contributed by atoms with van der Waals surface area (Å²) >= 11 is 0. The van der Waals surface area contributed by atoms with Gasteiger partial charge in [0.25, 0.3) is 11.8 Å². The highest BCUT2D eigenvalue weighted by molar-refractivity contribution is 6.30. The number of nitrogens with zero attached hydrogens (tertiary/aromatic N) is 2. The molecule has 1 aromatic rings. The third-order valence-electron chi connectivity index (χ3n) is 3.85. The van der Waals surface area contributed by atoms with Crippen molar-refractivity contribution in [3.8, 4) is 11.5 Å². The average molecular weight is 360 g/mol. The van der Waals surface area contributed by atoms with E-state index in [4.69, 9.17) is 9.47 Å². The Kier molecular flexibility index (Phi) is 6.38. The standard InChI is InChI=1S/C19H24N2O5/c1-5-10-21-18(23)14(17(22)20(4)19(21)24)11-13-8-9-15(25-6-2)16(12-13)26-7-3/h8-9,11-12H,5-7,10H2,1-4H3. The summed E-state index contributed by atoms with van der Waals surface area (Å²) in [6, 6.07) is 4.59. The summed E-state index contributed by atoms with van der Waals surface area (Å²) in [7, 11) is 1.37. The first-order chi connectivity index (χ1) is 12.4. The number of hydrogen-bond donors (Lipinski definition) is 0. The van der Waals surface area contributed by atoms with E-state index in [1.165, 1.54) is 13.1 Å². The van der Waals surface area contributed by atoms with Gasteiger partial charge < -0.3 is 9.47 Å². The lowest BCUT2D eigenvalue weighted by molar-refractivity contribution is -0.135. The Labute approximate surface area is 153 Å². The second-order valence-corrected chi connectivity index (χ2v) is 5.73. The van der Waals surface area contributed by atoms with E-state index in [2.05, 4.69) is 0 Å². The number of ether oxygens (including phenoxy) is 2. The summed E-state index contributed by atoms with van der Waals surface area (Å²) in [4.78, 5) is 39.2. The summed E-state index contributed by atoms with van der Waals surface area (Å²) in [6.07, 6.45) is 2.10. The quantitative estimate of drug-likeness (QED) is 0.552. The number of carbonyl (C=O) groups is 3. The Morgan fingerprint density at radius 3 is 2.23 bits per heavy atom. The number of carbonyl (C=O) groups excluding carboxylic acids is 3. The van der Waals surface area contributed by atoms with Gasteiger partial charge in [-0.3, -0.25) is 19.4 Å². The summed E-state index contributed by atoms with van der Waals surface area (Å²) < 4.78 is 11.1.